The van der Waals surface area contributed by atoms with Crippen molar-refractivity contribution < 1.29 is 19.3 Å². The lowest BCUT2D eigenvalue weighted by atomic mass is 10.0. The number of benzene rings is 4. The maximum atomic E-state index is 14.5. The molecule has 0 atom stereocenters. The summed E-state index contributed by atoms with van der Waals surface area (Å²) < 4.78 is 22.7. The lowest BCUT2D eigenvalue weighted by Crippen LogP contribution is -2.33. The fourth-order valence-corrected chi connectivity index (χ4v) is 5.90. The van der Waals surface area contributed by atoms with Crippen molar-refractivity contribution in [3.8, 4) is 39.6 Å². The SMILES string of the molecule is Cc1c(-c2ccc(O)c(F)c2)n(Cc2ccc(OCCN3CCCCC3)cc2)c2ccc(-c3ccc(O)cc3)cc12. The second-order valence-electron chi connectivity index (χ2n) is 10.9. The van der Waals surface area contributed by atoms with Gasteiger partial charge < -0.3 is 19.5 Å². The Morgan fingerprint density at radius 2 is 1.49 bits per heavy atom. The minimum Gasteiger partial charge on any atom is -0.508 e. The van der Waals surface area contributed by atoms with Crippen LogP contribution in [0.25, 0.3) is 33.3 Å². The highest BCUT2D eigenvalue weighted by molar-refractivity contribution is 5.94. The zero-order chi connectivity index (χ0) is 28.3. The van der Waals surface area contributed by atoms with E-state index in [1.165, 1.54) is 31.4 Å². The Kier molecular flexibility index (Phi) is 7.66. The fraction of sp³-hybridized carbons (Fsp3) is 0.257. The van der Waals surface area contributed by atoms with Crippen LogP contribution in [0.15, 0.2) is 84.9 Å². The summed E-state index contributed by atoms with van der Waals surface area (Å²) >= 11 is 0. The average Bonchev–Trinajstić information content (AvgIpc) is 3.26. The number of hydrogen-bond donors (Lipinski definition) is 2. The minimum atomic E-state index is -0.644. The van der Waals surface area contributed by atoms with Gasteiger partial charge in [-0.1, -0.05) is 36.8 Å². The van der Waals surface area contributed by atoms with Crippen molar-refractivity contribution in [1.29, 1.82) is 0 Å². The van der Waals surface area contributed by atoms with Gasteiger partial charge >= 0.3 is 0 Å². The third-order valence-electron chi connectivity index (χ3n) is 8.13. The van der Waals surface area contributed by atoms with E-state index < -0.39 is 5.82 Å². The third kappa shape index (κ3) is 5.79. The van der Waals surface area contributed by atoms with Crippen LogP contribution >= 0.6 is 0 Å². The summed E-state index contributed by atoms with van der Waals surface area (Å²) in [5.74, 6) is 0.0833. The molecule has 0 saturated carbocycles. The first-order valence-electron chi connectivity index (χ1n) is 14.3. The number of likely N-dealkylation sites (tertiary alicyclic amines) is 1. The highest BCUT2D eigenvalue weighted by atomic mass is 19.1. The van der Waals surface area contributed by atoms with Crippen LogP contribution in [0.4, 0.5) is 4.39 Å². The molecule has 41 heavy (non-hydrogen) atoms. The van der Waals surface area contributed by atoms with Crippen molar-refractivity contribution in [2.75, 3.05) is 26.2 Å². The smallest absolute Gasteiger partial charge is 0.165 e. The number of aryl methyl sites for hydroxylation is 1. The van der Waals surface area contributed by atoms with Crippen LogP contribution in [0.1, 0.15) is 30.4 Å². The number of ether oxygens (including phenoxy) is 1. The Labute approximate surface area is 240 Å². The molecule has 210 valence electrons. The van der Waals surface area contributed by atoms with Crippen LogP contribution < -0.4 is 4.74 Å². The van der Waals surface area contributed by atoms with E-state index in [1.54, 1.807) is 18.2 Å². The number of fused-ring (bicyclic) bond motifs is 1. The summed E-state index contributed by atoms with van der Waals surface area (Å²) in [7, 11) is 0. The molecule has 0 spiro atoms. The predicted octanol–water partition coefficient (Wildman–Crippen LogP) is 7.75. The number of hydrogen-bond acceptors (Lipinski definition) is 4. The summed E-state index contributed by atoms with van der Waals surface area (Å²) in [4.78, 5) is 2.47. The maximum absolute atomic E-state index is 14.5. The van der Waals surface area contributed by atoms with Crippen LogP contribution in [0.3, 0.4) is 0 Å². The summed E-state index contributed by atoms with van der Waals surface area (Å²) in [6.45, 7) is 6.61. The van der Waals surface area contributed by atoms with Crippen LogP contribution in [0.5, 0.6) is 17.2 Å². The number of halogens is 1. The molecule has 0 unspecified atom stereocenters. The van der Waals surface area contributed by atoms with Crippen LogP contribution in [-0.2, 0) is 6.54 Å². The molecule has 1 aliphatic heterocycles. The Hall–Kier alpha value is -4.29. The van der Waals surface area contributed by atoms with E-state index in [9.17, 15) is 14.6 Å². The summed E-state index contributed by atoms with van der Waals surface area (Å²) in [5, 5.41) is 20.6. The lowest BCUT2D eigenvalue weighted by molar-refractivity contribution is 0.183. The van der Waals surface area contributed by atoms with Gasteiger partial charge in [-0.3, -0.25) is 4.90 Å². The van der Waals surface area contributed by atoms with E-state index in [-0.39, 0.29) is 11.5 Å². The number of aromatic hydroxyl groups is 2. The van der Waals surface area contributed by atoms with Crippen molar-refractivity contribution in [3.05, 3.63) is 102 Å². The van der Waals surface area contributed by atoms with Gasteiger partial charge in [0.15, 0.2) is 11.6 Å². The second-order valence-corrected chi connectivity index (χ2v) is 10.9. The summed E-state index contributed by atoms with van der Waals surface area (Å²) in [6, 6.07) is 26.3. The van der Waals surface area contributed by atoms with Gasteiger partial charge in [-0.25, -0.2) is 4.39 Å². The topological polar surface area (TPSA) is 57.9 Å². The van der Waals surface area contributed by atoms with Crippen molar-refractivity contribution >= 4 is 10.9 Å². The van der Waals surface area contributed by atoms with Crippen molar-refractivity contribution in [1.82, 2.24) is 9.47 Å². The van der Waals surface area contributed by atoms with Gasteiger partial charge in [0.2, 0.25) is 0 Å². The standard InChI is InChI=1S/C35H35FN2O3/c1-24-31-21-27(26-7-11-29(39)12-8-26)9-15-33(31)38(35(24)28-10-16-34(40)32(36)22-28)23-25-5-13-30(14-6-25)41-20-19-37-17-3-2-4-18-37/h5-16,21-22,39-40H,2-4,17-20,23H2,1H3. The molecule has 1 fully saturated rings. The zero-order valence-corrected chi connectivity index (χ0v) is 23.3. The van der Waals surface area contributed by atoms with Gasteiger partial charge in [-0.05, 0) is 110 Å². The largest absolute Gasteiger partial charge is 0.508 e. The van der Waals surface area contributed by atoms with Gasteiger partial charge in [0, 0.05) is 29.6 Å². The van der Waals surface area contributed by atoms with Crippen LogP contribution in [0.2, 0.25) is 0 Å². The van der Waals surface area contributed by atoms with Crippen molar-refractivity contribution in [2.24, 2.45) is 0 Å². The van der Waals surface area contributed by atoms with E-state index in [0.717, 1.165) is 64.2 Å². The van der Waals surface area contributed by atoms with Crippen molar-refractivity contribution in [2.45, 2.75) is 32.7 Å². The lowest BCUT2D eigenvalue weighted by Gasteiger charge is -2.26. The first-order valence-corrected chi connectivity index (χ1v) is 14.3. The minimum absolute atomic E-state index is 0.229. The van der Waals surface area contributed by atoms with E-state index in [0.29, 0.717) is 18.7 Å². The third-order valence-corrected chi connectivity index (χ3v) is 8.13. The van der Waals surface area contributed by atoms with Crippen LogP contribution in [0, 0.1) is 12.7 Å². The quantitative estimate of drug-likeness (QED) is 0.207. The van der Waals surface area contributed by atoms with E-state index in [2.05, 4.69) is 46.7 Å². The molecule has 0 radical (unpaired) electrons. The number of aromatic nitrogens is 1. The molecule has 1 saturated heterocycles. The molecule has 6 rings (SSSR count). The molecule has 0 aliphatic carbocycles. The number of phenols is 2. The molecule has 0 bridgehead atoms. The van der Waals surface area contributed by atoms with Crippen LogP contribution in [-0.4, -0.2) is 45.9 Å². The maximum Gasteiger partial charge on any atom is 0.165 e. The Morgan fingerprint density at radius 3 is 2.22 bits per heavy atom. The molecule has 5 aromatic rings. The molecule has 1 aromatic heterocycles. The molecule has 6 heteroatoms. The molecule has 4 aromatic carbocycles. The first-order chi connectivity index (χ1) is 20.0. The Morgan fingerprint density at radius 1 is 0.780 bits per heavy atom. The highest BCUT2D eigenvalue weighted by Gasteiger charge is 2.18. The zero-order valence-electron chi connectivity index (χ0n) is 23.3. The molecular weight excluding hydrogens is 515 g/mol. The van der Waals surface area contributed by atoms with Gasteiger partial charge in [-0.2, -0.15) is 0 Å². The number of rotatable bonds is 8. The molecule has 1 aliphatic rings. The molecule has 0 amide bonds. The number of piperidine rings is 1. The van der Waals surface area contributed by atoms with E-state index >= 15 is 0 Å². The van der Waals surface area contributed by atoms with Crippen molar-refractivity contribution in [3.63, 3.8) is 0 Å². The Bertz CT molecular complexity index is 1650. The van der Waals surface area contributed by atoms with Gasteiger partial charge in [0.1, 0.15) is 18.1 Å². The molecule has 5 nitrogen and oxygen atoms in total. The van der Waals surface area contributed by atoms with Gasteiger partial charge in [0.25, 0.3) is 0 Å². The van der Waals surface area contributed by atoms with Gasteiger partial charge in [0.05, 0.1) is 5.69 Å². The molecular formula is C35H35FN2O3. The number of phenolic OH excluding ortho intramolecular Hbond substituents is 2. The predicted molar refractivity (Wildman–Crippen MR) is 162 cm³/mol. The van der Waals surface area contributed by atoms with E-state index in [1.807, 2.05) is 24.3 Å². The molecule has 2 heterocycles. The normalized spacial score (nSPS) is 14.0. The second kappa shape index (κ2) is 11.7. The Balaban J connectivity index is 1.31. The van der Waals surface area contributed by atoms with E-state index in [4.69, 9.17) is 4.74 Å². The molecule has 2 N–H and O–H groups in total. The monoisotopic (exact) mass is 550 g/mol. The summed E-state index contributed by atoms with van der Waals surface area (Å²) in [6.07, 6.45) is 3.89. The average molecular weight is 551 g/mol. The first kappa shape index (κ1) is 26.9. The summed E-state index contributed by atoms with van der Waals surface area (Å²) in [5.41, 5.74) is 6.82. The highest BCUT2D eigenvalue weighted by Crippen LogP contribution is 2.37. The number of nitrogens with zero attached hydrogens (tertiary/aromatic N) is 2. The van der Waals surface area contributed by atoms with Gasteiger partial charge in [-0.15, -0.1) is 0 Å². The fourth-order valence-electron chi connectivity index (χ4n) is 5.90.